The molecule has 3 nitrogen and oxygen atoms in total. The molecule has 3 unspecified atom stereocenters. The van der Waals surface area contributed by atoms with Crippen LogP contribution in [0.2, 0.25) is 0 Å². The number of nitrogens with one attached hydrogen (secondary N) is 1. The zero-order valence-corrected chi connectivity index (χ0v) is 8.42. The summed E-state index contributed by atoms with van der Waals surface area (Å²) in [6.07, 6.45) is 2.50. The molecule has 1 heterocycles. The van der Waals surface area contributed by atoms with Gasteiger partial charge in [0.05, 0.1) is 0 Å². The van der Waals surface area contributed by atoms with Crippen LogP contribution in [0.15, 0.2) is 0 Å². The van der Waals surface area contributed by atoms with Crippen molar-refractivity contribution in [1.82, 2.24) is 5.32 Å². The summed E-state index contributed by atoms with van der Waals surface area (Å²) in [5, 5.41) is 12.6. The summed E-state index contributed by atoms with van der Waals surface area (Å²) in [6, 6.07) is 0.240. The average molecular weight is 185 g/mol. The highest BCUT2D eigenvalue weighted by atomic mass is 16.3. The second-order valence-corrected chi connectivity index (χ2v) is 4.07. The normalized spacial score (nSPS) is 37.8. The van der Waals surface area contributed by atoms with E-state index >= 15 is 0 Å². The van der Waals surface area contributed by atoms with Gasteiger partial charge in [-0.2, -0.15) is 0 Å². The van der Waals surface area contributed by atoms with E-state index in [2.05, 4.69) is 5.32 Å². The topological polar surface area (TPSA) is 49.3 Å². The van der Waals surface area contributed by atoms with Gasteiger partial charge in [0.2, 0.25) is 0 Å². The smallest absolute Gasteiger partial charge is 0.135 e. The molecule has 1 aliphatic heterocycles. The number of aliphatic hydroxyl groups excluding tert-OH is 1. The molecule has 0 aromatic heterocycles. The Bertz CT molecular complexity index is 182. The number of hydrogen-bond acceptors (Lipinski definition) is 3. The molecule has 1 rings (SSSR count). The summed E-state index contributed by atoms with van der Waals surface area (Å²) >= 11 is 0. The number of rotatable bonds is 0. The van der Waals surface area contributed by atoms with Crippen molar-refractivity contribution in [1.29, 1.82) is 0 Å². The fourth-order valence-corrected chi connectivity index (χ4v) is 1.67. The lowest BCUT2D eigenvalue weighted by molar-refractivity contribution is -0.122. The number of hydrogen-bond donors (Lipinski definition) is 2. The van der Waals surface area contributed by atoms with Crippen molar-refractivity contribution in [2.45, 2.75) is 51.8 Å². The van der Waals surface area contributed by atoms with Crippen LogP contribution in [0.5, 0.6) is 0 Å². The molecule has 0 amide bonds. The van der Waals surface area contributed by atoms with Crippen molar-refractivity contribution in [3.8, 4) is 0 Å². The third-order valence-electron chi connectivity index (χ3n) is 2.72. The van der Waals surface area contributed by atoms with Gasteiger partial charge in [-0.15, -0.1) is 0 Å². The van der Waals surface area contributed by atoms with Crippen LogP contribution in [0.3, 0.4) is 0 Å². The van der Waals surface area contributed by atoms with Crippen LogP contribution < -0.4 is 5.32 Å². The lowest BCUT2D eigenvalue weighted by Crippen LogP contribution is -2.35. The number of Topliss-reactive ketones (excluding diaryl/α,β-unsaturated/α-hetero) is 1. The van der Waals surface area contributed by atoms with E-state index in [1.54, 1.807) is 0 Å². The maximum absolute atomic E-state index is 11.5. The van der Waals surface area contributed by atoms with Gasteiger partial charge < -0.3 is 5.11 Å². The van der Waals surface area contributed by atoms with Crippen molar-refractivity contribution in [2.75, 3.05) is 0 Å². The minimum Gasteiger partial charge on any atom is -0.379 e. The van der Waals surface area contributed by atoms with Crippen molar-refractivity contribution in [2.24, 2.45) is 5.92 Å². The molecular weight excluding hydrogens is 166 g/mol. The quantitative estimate of drug-likeness (QED) is 0.593. The molecule has 0 spiro atoms. The SMILES string of the molecule is CC1CCC(=O)C(C)CCC(O)N1. The zero-order valence-electron chi connectivity index (χ0n) is 8.42. The summed E-state index contributed by atoms with van der Waals surface area (Å²) in [4.78, 5) is 11.5. The fourth-order valence-electron chi connectivity index (χ4n) is 1.67. The monoisotopic (exact) mass is 185 g/mol. The first kappa shape index (κ1) is 10.7. The van der Waals surface area contributed by atoms with Crippen LogP contribution in [0.25, 0.3) is 0 Å². The van der Waals surface area contributed by atoms with Crippen LogP contribution in [0, 0.1) is 5.92 Å². The second-order valence-electron chi connectivity index (χ2n) is 4.07. The fraction of sp³-hybridized carbons (Fsp3) is 0.900. The Balaban J connectivity index is 2.52. The molecule has 3 heteroatoms. The summed E-state index contributed by atoms with van der Waals surface area (Å²) in [6.45, 7) is 3.96. The van der Waals surface area contributed by atoms with Crippen molar-refractivity contribution < 1.29 is 9.90 Å². The van der Waals surface area contributed by atoms with E-state index in [1.807, 2.05) is 13.8 Å². The molecule has 0 saturated carbocycles. The molecule has 2 N–H and O–H groups in total. The summed E-state index contributed by atoms with van der Waals surface area (Å²) < 4.78 is 0. The van der Waals surface area contributed by atoms with Gasteiger partial charge in [0.1, 0.15) is 12.0 Å². The third-order valence-corrected chi connectivity index (χ3v) is 2.72. The molecule has 0 aromatic carbocycles. The Morgan fingerprint density at radius 3 is 2.69 bits per heavy atom. The van der Waals surface area contributed by atoms with Gasteiger partial charge in [0.25, 0.3) is 0 Å². The van der Waals surface area contributed by atoms with Crippen molar-refractivity contribution in [3.63, 3.8) is 0 Å². The van der Waals surface area contributed by atoms with Gasteiger partial charge in [-0.1, -0.05) is 6.92 Å². The van der Waals surface area contributed by atoms with E-state index in [9.17, 15) is 9.90 Å². The highest BCUT2D eigenvalue weighted by Crippen LogP contribution is 2.15. The minimum atomic E-state index is -0.441. The Hall–Kier alpha value is -0.410. The van der Waals surface area contributed by atoms with Gasteiger partial charge in [0.15, 0.2) is 0 Å². The summed E-state index contributed by atoms with van der Waals surface area (Å²) in [5.74, 6) is 0.449. The van der Waals surface area contributed by atoms with Crippen LogP contribution in [-0.2, 0) is 4.79 Å². The third kappa shape index (κ3) is 3.44. The molecule has 76 valence electrons. The maximum atomic E-state index is 11.5. The van der Waals surface area contributed by atoms with Crippen LogP contribution in [-0.4, -0.2) is 23.2 Å². The van der Waals surface area contributed by atoms with E-state index in [0.29, 0.717) is 18.6 Å². The molecule has 1 fully saturated rings. The standard InChI is InChI=1S/C10H19NO2/c1-7-3-6-10(13)11-8(2)4-5-9(7)12/h7-8,10-11,13H,3-6H2,1-2H3. The molecular formula is C10H19NO2. The first-order valence-electron chi connectivity index (χ1n) is 5.06. The maximum Gasteiger partial charge on any atom is 0.135 e. The number of carbonyl (C=O) groups is 1. The highest BCUT2D eigenvalue weighted by molar-refractivity contribution is 5.80. The van der Waals surface area contributed by atoms with E-state index < -0.39 is 6.23 Å². The summed E-state index contributed by atoms with van der Waals surface area (Å²) in [5.41, 5.74) is 0. The predicted molar refractivity (Wildman–Crippen MR) is 51.2 cm³/mol. The Labute approximate surface area is 79.5 Å². The zero-order chi connectivity index (χ0) is 9.84. The molecule has 13 heavy (non-hydrogen) atoms. The predicted octanol–water partition coefficient (Wildman–Crippen LogP) is 1.06. The van der Waals surface area contributed by atoms with Gasteiger partial charge >= 0.3 is 0 Å². The largest absolute Gasteiger partial charge is 0.379 e. The molecule has 0 bridgehead atoms. The number of aliphatic hydroxyl groups is 1. The molecule has 0 radical (unpaired) electrons. The molecule has 1 saturated heterocycles. The van der Waals surface area contributed by atoms with Crippen LogP contribution in [0.4, 0.5) is 0 Å². The Morgan fingerprint density at radius 1 is 1.31 bits per heavy atom. The van der Waals surface area contributed by atoms with Crippen molar-refractivity contribution >= 4 is 5.78 Å². The Kier molecular flexibility index (Phi) is 3.88. The minimum absolute atomic E-state index is 0.113. The first-order chi connectivity index (χ1) is 6.09. The van der Waals surface area contributed by atoms with E-state index in [0.717, 1.165) is 12.8 Å². The Morgan fingerprint density at radius 2 is 2.00 bits per heavy atom. The second kappa shape index (κ2) is 4.72. The molecule has 0 aliphatic carbocycles. The average Bonchev–Trinajstić information content (AvgIpc) is 2.12. The van der Waals surface area contributed by atoms with Crippen LogP contribution in [0.1, 0.15) is 39.5 Å². The van der Waals surface area contributed by atoms with E-state index in [4.69, 9.17) is 0 Å². The van der Waals surface area contributed by atoms with Gasteiger partial charge in [-0.25, -0.2) is 0 Å². The van der Waals surface area contributed by atoms with E-state index in [1.165, 1.54) is 0 Å². The molecule has 3 atom stereocenters. The van der Waals surface area contributed by atoms with Gasteiger partial charge in [-0.3, -0.25) is 10.1 Å². The highest BCUT2D eigenvalue weighted by Gasteiger charge is 2.19. The molecule has 1 aliphatic rings. The first-order valence-corrected chi connectivity index (χ1v) is 5.06. The number of carbonyl (C=O) groups excluding carboxylic acids is 1. The van der Waals surface area contributed by atoms with Gasteiger partial charge in [0, 0.05) is 18.4 Å². The van der Waals surface area contributed by atoms with E-state index in [-0.39, 0.29) is 12.0 Å². The summed E-state index contributed by atoms with van der Waals surface area (Å²) in [7, 11) is 0. The molecule has 0 aromatic rings. The van der Waals surface area contributed by atoms with Crippen molar-refractivity contribution in [3.05, 3.63) is 0 Å². The number of ketones is 1. The van der Waals surface area contributed by atoms with Crippen LogP contribution >= 0.6 is 0 Å². The van der Waals surface area contributed by atoms with Gasteiger partial charge in [-0.05, 0) is 26.2 Å². The lowest BCUT2D eigenvalue weighted by atomic mass is 9.97. The lowest BCUT2D eigenvalue weighted by Gasteiger charge is -2.16.